The number of rotatable bonds is 1. The van der Waals surface area contributed by atoms with Gasteiger partial charge in [0.2, 0.25) is 0 Å². The Balaban J connectivity index is 2.15. The van der Waals surface area contributed by atoms with Crippen LogP contribution in [0, 0.1) is 0 Å². The molecule has 0 saturated carbocycles. The van der Waals surface area contributed by atoms with Crippen molar-refractivity contribution in [3.63, 3.8) is 0 Å². The molecule has 160 valence electrons. The summed E-state index contributed by atoms with van der Waals surface area (Å²) < 4.78 is 10.3. The fourth-order valence-corrected chi connectivity index (χ4v) is 2.95. The second-order valence-corrected chi connectivity index (χ2v) is 7.87. The van der Waals surface area contributed by atoms with E-state index in [4.69, 9.17) is 14.3 Å². The van der Waals surface area contributed by atoms with Gasteiger partial charge < -0.3 is 19.2 Å². The summed E-state index contributed by atoms with van der Waals surface area (Å²) in [5.74, 6) is -0.528. The minimum Gasteiger partial charge on any atom is -0.465 e. The molecule has 0 radical (unpaired) electrons. The van der Waals surface area contributed by atoms with Gasteiger partial charge in [0.25, 0.3) is 0 Å². The number of hydrogen-bond donors (Lipinski definition) is 1. The predicted molar refractivity (Wildman–Crippen MR) is 107 cm³/mol. The maximum absolute atomic E-state index is 12.7. The Labute approximate surface area is 171 Å². The normalized spacial score (nSPS) is 16.4. The third-order valence-corrected chi connectivity index (χ3v) is 4.34. The SMILES string of the molecule is COC(=O)c1cccc2c1ONCCCN(C(=O)OC(C)(C)C)CCCCC2=O. The molecule has 2 rings (SSSR count). The second kappa shape index (κ2) is 10.2. The lowest BCUT2D eigenvalue weighted by atomic mass is 10.0. The number of ketones is 1. The largest absolute Gasteiger partial charge is 0.465 e. The third-order valence-electron chi connectivity index (χ3n) is 4.34. The summed E-state index contributed by atoms with van der Waals surface area (Å²) in [7, 11) is 1.28. The van der Waals surface area contributed by atoms with Crippen LogP contribution in [0.15, 0.2) is 18.2 Å². The number of Topliss-reactive ketones (excluding diaryl/α,β-unsaturated/α-hetero) is 1. The fourth-order valence-electron chi connectivity index (χ4n) is 2.95. The molecule has 1 aromatic rings. The van der Waals surface area contributed by atoms with E-state index in [0.717, 1.165) is 0 Å². The van der Waals surface area contributed by atoms with Crippen molar-refractivity contribution in [3.05, 3.63) is 29.3 Å². The lowest BCUT2D eigenvalue weighted by Gasteiger charge is -2.27. The number of fused-ring (bicyclic) bond motifs is 1. The van der Waals surface area contributed by atoms with Crippen LogP contribution in [0.5, 0.6) is 5.75 Å². The first-order chi connectivity index (χ1) is 13.7. The number of para-hydroxylation sites is 1. The summed E-state index contributed by atoms with van der Waals surface area (Å²) in [5.41, 5.74) is 2.75. The van der Waals surface area contributed by atoms with Gasteiger partial charge in [-0.05, 0) is 52.2 Å². The number of hydrogen-bond acceptors (Lipinski definition) is 7. The monoisotopic (exact) mass is 406 g/mol. The van der Waals surface area contributed by atoms with Crippen LogP contribution in [0.25, 0.3) is 0 Å². The van der Waals surface area contributed by atoms with E-state index in [1.165, 1.54) is 7.11 Å². The molecule has 8 heteroatoms. The van der Waals surface area contributed by atoms with Crippen molar-refractivity contribution in [3.8, 4) is 5.75 Å². The van der Waals surface area contributed by atoms with Crippen LogP contribution in [0.1, 0.15) is 67.2 Å². The molecule has 1 aromatic carbocycles. The van der Waals surface area contributed by atoms with E-state index in [9.17, 15) is 14.4 Å². The Bertz CT molecular complexity index is 741. The number of benzene rings is 1. The number of ether oxygens (including phenoxy) is 2. The van der Waals surface area contributed by atoms with Crippen LogP contribution in [-0.4, -0.2) is 55.1 Å². The zero-order chi connectivity index (χ0) is 21.4. The Morgan fingerprint density at radius 2 is 1.86 bits per heavy atom. The molecule has 0 aromatic heterocycles. The Kier molecular flexibility index (Phi) is 8.01. The highest BCUT2D eigenvalue weighted by molar-refractivity contribution is 6.03. The molecular formula is C21H30N2O6. The van der Waals surface area contributed by atoms with Crippen LogP contribution in [0.3, 0.4) is 0 Å². The van der Waals surface area contributed by atoms with E-state index in [1.807, 2.05) is 20.8 Å². The Morgan fingerprint density at radius 1 is 1.14 bits per heavy atom. The van der Waals surface area contributed by atoms with Gasteiger partial charge in [0, 0.05) is 26.1 Å². The predicted octanol–water partition coefficient (Wildman–Crippen LogP) is 3.35. The molecular weight excluding hydrogens is 376 g/mol. The molecule has 0 fully saturated rings. The number of nitrogens with zero attached hydrogens (tertiary/aromatic N) is 1. The lowest BCUT2D eigenvalue weighted by Crippen LogP contribution is -2.39. The van der Waals surface area contributed by atoms with Gasteiger partial charge in [0.15, 0.2) is 11.5 Å². The van der Waals surface area contributed by atoms with Gasteiger partial charge >= 0.3 is 12.1 Å². The van der Waals surface area contributed by atoms with Crippen LogP contribution < -0.4 is 10.3 Å². The maximum Gasteiger partial charge on any atom is 0.410 e. The molecule has 0 bridgehead atoms. The number of carbonyl (C=O) groups excluding carboxylic acids is 3. The quantitative estimate of drug-likeness (QED) is 0.715. The average Bonchev–Trinajstić information content (AvgIpc) is 2.67. The molecule has 0 unspecified atom stereocenters. The molecule has 1 amide bonds. The van der Waals surface area contributed by atoms with E-state index in [0.29, 0.717) is 44.5 Å². The van der Waals surface area contributed by atoms with Gasteiger partial charge in [-0.2, -0.15) is 5.48 Å². The van der Waals surface area contributed by atoms with Crippen LogP contribution >= 0.6 is 0 Å². The second-order valence-electron chi connectivity index (χ2n) is 7.87. The zero-order valence-electron chi connectivity index (χ0n) is 17.6. The third kappa shape index (κ3) is 6.74. The number of methoxy groups -OCH3 is 1. The van der Waals surface area contributed by atoms with Crippen molar-refractivity contribution in [1.29, 1.82) is 0 Å². The summed E-state index contributed by atoms with van der Waals surface area (Å²) in [6.45, 7) is 6.91. The van der Waals surface area contributed by atoms with E-state index in [1.54, 1.807) is 23.1 Å². The van der Waals surface area contributed by atoms with Crippen molar-refractivity contribution in [1.82, 2.24) is 10.4 Å². The lowest BCUT2D eigenvalue weighted by molar-refractivity contribution is 0.0240. The summed E-state index contributed by atoms with van der Waals surface area (Å²) in [6.07, 6.45) is 1.81. The molecule has 8 nitrogen and oxygen atoms in total. The highest BCUT2D eigenvalue weighted by atomic mass is 16.6. The molecule has 29 heavy (non-hydrogen) atoms. The first-order valence-corrected chi connectivity index (χ1v) is 9.85. The van der Waals surface area contributed by atoms with Crippen molar-refractivity contribution < 1.29 is 28.7 Å². The van der Waals surface area contributed by atoms with Crippen molar-refractivity contribution >= 4 is 17.8 Å². The van der Waals surface area contributed by atoms with Gasteiger partial charge in [-0.1, -0.05) is 6.07 Å². The zero-order valence-corrected chi connectivity index (χ0v) is 17.6. The van der Waals surface area contributed by atoms with E-state index < -0.39 is 11.6 Å². The Hall–Kier alpha value is -2.61. The maximum atomic E-state index is 12.7. The molecule has 1 aliphatic rings. The molecule has 0 aliphatic carbocycles. The van der Waals surface area contributed by atoms with E-state index in [-0.39, 0.29) is 29.6 Å². The summed E-state index contributed by atoms with van der Waals surface area (Å²) in [6, 6.07) is 4.83. The van der Waals surface area contributed by atoms with Gasteiger partial charge in [0.05, 0.1) is 12.7 Å². The van der Waals surface area contributed by atoms with Crippen LogP contribution in [0.4, 0.5) is 4.79 Å². The van der Waals surface area contributed by atoms with Crippen molar-refractivity contribution in [2.45, 2.75) is 52.1 Å². The van der Waals surface area contributed by atoms with Gasteiger partial charge in [0.1, 0.15) is 11.2 Å². The fraction of sp³-hybridized carbons (Fsp3) is 0.571. The number of esters is 1. The van der Waals surface area contributed by atoms with Gasteiger partial charge in [-0.15, -0.1) is 0 Å². The number of amides is 1. The highest BCUT2D eigenvalue weighted by Gasteiger charge is 2.24. The van der Waals surface area contributed by atoms with E-state index >= 15 is 0 Å². The van der Waals surface area contributed by atoms with Crippen molar-refractivity contribution in [2.24, 2.45) is 0 Å². The molecule has 0 saturated heterocycles. The summed E-state index contributed by atoms with van der Waals surface area (Å²) in [5, 5.41) is 0. The minimum absolute atomic E-state index is 0.129. The minimum atomic E-state index is -0.572. The van der Waals surface area contributed by atoms with Crippen molar-refractivity contribution in [2.75, 3.05) is 26.7 Å². The molecule has 1 heterocycles. The van der Waals surface area contributed by atoms with Crippen LogP contribution in [-0.2, 0) is 9.47 Å². The summed E-state index contributed by atoms with van der Waals surface area (Å²) >= 11 is 0. The van der Waals surface area contributed by atoms with Gasteiger partial charge in [-0.25, -0.2) is 9.59 Å². The Morgan fingerprint density at radius 3 is 2.55 bits per heavy atom. The smallest absolute Gasteiger partial charge is 0.410 e. The summed E-state index contributed by atoms with van der Waals surface area (Å²) in [4.78, 5) is 44.4. The standard InChI is InChI=1S/C21H30N2O6/c1-21(2,3)28-20(26)23-13-6-5-11-17(24)15-9-7-10-16(19(25)27-4)18(15)29-22-12-8-14-23/h7,9-10,22H,5-6,8,11-14H2,1-4H3. The first kappa shape index (κ1) is 22.7. The average molecular weight is 406 g/mol. The topological polar surface area (TPSA) is 94.2 Å². The number of nitrogens with one attached hydrogen (secondary N) is 1. The van der Waals surface area contributed by atoms with E-state index in [2.05, 4.69) is 5.48 Å². The molecule has 1 aliphatic heterocycles. The molecule has 0 atom stereocenters. The molecule has 0 spiro atoms. The number of hydroxylamine groups is 1. The van der Waals surface area contributed by atoms with Crippen LogP contribution in [0.2, 0.25) is 0 Å². The first-order valence-electron chi connectivity index (χ1n) is 9.85. The number of carbonyl (C=O) groups is 3. The van der Waals surface area contributed by atoms with Gasteiger partial charge in [-0.3, -0.25) is 4.79 Å². The molecule has 1 N–H and O–H groups in total. The highest BCUT2D eigenvalue weighted by Crippen LogP contribution is 2.26.